The molecule has 19 nitrogen and oxygen atoms in total. The van der Waals surface area contributed by atoms with E-state index in [0.29, 0.717) is 10.5 Å². The first kappa shape index (κ1) is 51.9. The number of nitrogens with one attached hydrogen (secondary N) is 2. The van der Waals surface area contributed by atoms with Crippen molar-refractivity contribution in [2.75, 3.05) is 30.2 Å². The van der Waals surface area contributed by atoms with Crippen molar-refractivity contribution in [2.24, 2.45) is 5.73 Å². The number of hydrogen-bond acceptors (Lipinski definition) is 14. The van der Waals surface area contributed by atoms with Gasteiger partial charge in [0.05, 0.1) is 28.8 Å². The number of hydrogen-bond donors (Lipinski definition) is 5. The molecule has 1 aliphatic carbocycles. The summed E-state index contributed by atoms with van der Waals surface area (Å²) in [5.41, 5.74) is 5.33. The van der Waals surface area contributed by atoms with Gasteiger partial charge in [-0.15, -0.1) is 0 Å². The number of methoxy groups -OCH3 is 1. The number of aliphatic carboxylic acids is 1. The van der Waals surface area contributed by atoms with Gasteiger partial charge in [0.2, 0.25) is 5.95 Å². The predicted molar refractivity (Wildman–Crippen MR) is 219 cm³/mol. The molecule has 2 unspecified atom stereocenters. The van der Waals surface area contributed by atoms with Crippen LogP contribution in [0.1, 0.15) is 63.8 Å². The number of ether oxygens (including phenoxy) is 3. The molecule has 6 N–H and O–H groups in total. The molecule has 0 radical (unpaired) electrons. The third kappa shape index (κ3) is 16.3. The monoisotopic (exact) mass is 953 g/mol. The summed E-state index contributed by atoms with van der Waals surface area (Å²) in [6, 6.07) is 5.10. The van der Waals surface area contributed by atoms with Gasteiger partial charge in [-0.3, -0.25) is 19.5 Å². The molecule has 5 rings (SSSR count). The Morgan fingerprint density at radius 2 is 1.76 bits per heavy atom. The predicted octanol–water partition coefficient (Wildman–Crippen LogP) is 6.46. The van der Waals surface area contributed by atoms with E-state index in [1.807, 2.05) is 0 Å². The molecular weight excluding hydrogens is 909 g/mol. The van der Waals surface area contributed by atoms with Gasteiger partial charge in [-0.05, 0) is 82.6 Å². The third-order valence-corrected chi connectivity index (χ3v) is 11.4. The molecule has 2 aromatic carbocycles. The zero-order valence-electron chi connectivity index (χ0n) is 34.4. The van der Waals surface area contributed by atoms with Gasteiger partial charge in [0.15, 0.2) is 13.1 Å². The molecule has 2 fully saturated rings. The molecule has 1 aromatic heterocycles. The Kier molecular flexibility index (Phi) is 18.4. The van der Waals surface area contributed by atoms with Crippen molar-refractivity contribution >= 4 is 64.6 Å². The number of aromatic nitrogens is 3. The Morgan fingerprint density at radius 1 is 1.13 bits per heavy atom. The van der Waals surface area contributed by atoms with Crippen molar-refractivity contribution in [1.82, 2.24) is 19.7 Å². The second-order valence-corrected chi connectivity index (χ2v) is 18.7. The minimum Gasteiger partial charge on any atom is -0.489 e. The lowest BCUT2D eigenvalue weighted by Crippen LogP contribution is -2.35. The third-order valence-electron chi connectivity index (χ3n) is 8.54. The zero-order chi connectivity index (χ0) is 47.4. The van der Waals surface area contributed by atoms with E-state index in [4.69, 9.17) is 41.5 Å². The van der Waals surface area contributed by atoms with Crippen LogP contribution in [0.15, 0.2) is 52.6 Å². The van der Waals surface area contributed by atoms with Gasteiger partial charge in [0.1, 0.15) is 23.4 Å². The topological polar surface area (TPSA) is 280 Å². The van der Waals surface area contributed by atoms with Crippen LogP contribution in [-0.4, -0.2) is 95.6 Å². The minimum atomic E-state index is -4.45. The van der Waals surface area contributed by atoms with Crippen LogP contribution in [0.4, 0.5) is 38.8 Å². The molecule has 2 aliphatic rings. The molecule has 0 bridgehead atoms. The van der Waals surface area contributed by atoms with Gasteiger partial charge in [0.25, 0.3) is 10.0 Å². The molecule has 63 heavy (non-hydrogen) atoms. The number of halogens is 5. The highest BCUT2D eigenvalue weighted by Gasteiger charge is 2.40. The van der Waals surface area contributed by atoms with E-state index < -0.39 is 77.2 Å². The van der Waals surface area contributed by atoms with E-state index in [9.17, 15) is 49.7 Å². The number of nitrogens with zero attached hydrogens (tertiary/aromatic N) is 4. The molecule has 0 spiro atoms. The minimum absolute atomic E-state index is 0.00962. The molecule has 1 saturated heterocycles. The summed E-state index contributed by atoms with van der Waals surface area (Å²) in [6.07, 6.45) is -3.20. The Morgan fingerprint density at radius 3 is 2.32 bits per heavy atom. The number of anilines is 2. The zero-order valence-corrected chi connectivity index (χ0v) is 36.8. The van der Waals surface area contributed by atoms with Crippen molar-refractivity contribution in [3.63, 3.8) is 0 Å². The summed E-state index contributed by atoms with van der Waals surface area (Å²) < 4.78 is 104. The maximum Gasteiger partial charge on any atom is 0.427 e. The summed E-state index contributed by atoms with van der Waals surface area (Å²) in [5, 5.41) is 10.5. The van der Waals surface area contributed by atoms with Crippen LogP contribution >= 0.6 is 19.0 Å². The van der Waals surface area contributed by atoms with E-state index in [-0.39, 0.29) is 64.3 Å². The number of imide groups is 1. The number of allylic oxidation sites excluding steroid dienone is 1. The first-order valence-electron chi connectivity index (χ1n) is 18.6. The average Bonchev–Trinajstić information content (AvgIpc) is 3.80. The number of urea groups is 1. The number of rotatable bonds is 13. The standard InChI is InChI=1S/C17H17ClFNO4.C15H16F3N5O4S.C5H12NO4P/c1-9(2)15-16(21)20(17(22)24-15)13-8-14(11(18)7-12(13)19)23-10-5-3-4-6-10;1-9-19-12(22-14(20-9)27-2)21-13(24)23-28(25,26)11-6-4-3-5-10(11)7-8-15(16,17)18;1-11(9,10)3-2-4(6)5(7)8/h7-8,10H,3-6H2,1-2H3;3-6H,7-8H2,1-2H3,(H2,19,20,21,22,23,24);4H,2-3,6H2,1H3,(H,7,8)(H,9,10). The number of sulfonamides is 1. The highest BCUT2D eigenvalue weighted by atomic mass is 35.5. The van der Waals surface area contributed by atoms with Crippen molar-refractivity contribution in [1.29, 1.82) is 0 Å². The number of carbonyl (C=O) groups is 4. The van der Waals surface area contributed by atoms with Crippen molar-refractivity contribution < 1.29 is 73.9 Å². The highest BCUT2D eigenvalue weighted by Crippen LogP contribution is 2.38. The molecule has 3 aromatic rings. The molecule has 1 saturated carbocycles. The number of carboxylic acid groups (broad SMARTS) is 1. The van der Waals surface area contributed by atoms with Crippen LogP contribution in [0.2, 0.25) is 5.02 Å². The Bertz CT molecular complexity index is 2360. The lowest BCUT2D eigenvalue weighted by atomic mass is 10.1. The number of carboxylic acids is 1. The van der Waals surface area contributed by atoms with Crippen LogP contribution in [0.5, 0.6) is 11.8 Å². The Balaban J connectivity index is 0.000000274. The number of cyclic esters (lactones) is 1. The lowest BCUT2D eigenvalue weighted by molar-refractivity contribution is -0.138. The van der Waals surface area contributed by atoms with Gasteiger partial charge < -0.3 is 29.9 Å². The molecule has 346 valence electrons. The maximum atomic E-state index is 14.3. The smallest absolute Gasteiger partial charge is 0.427 e. The number of nitrogens with two attached hydrogens (primary N) is 1. The fourth-order valence-electron chi connectivity index (χ4n) is 5.51. The Hall–Kier alpha value is -5.42. The fourth-order valence-corrected chi connectivity index (χ4v) is 7.64. The second kappa shape index (κ2) is 22.3. The van der Waals surface area contributed by atoms with Gasteiger partial charge in [0, 0.05) is 25.3 Å². The van der Waals surface area contributed by atoms with E-state index >= 15 is 0 Å². The summed E-state index contributed by atoms with van der Waals surface area (Å²) >= 11 is 6.04. The van der Waals surface area contributed by atoms with Crippen LogP contribution in [0.3, 0.4) is 0 Å². The number of carbonyl (C=O) groups excluding carboxylic acids is 3. The quantitative estimate of drug-likeness (QED) is 0.0698. The van der Waals surface area contributed by atoms with Crippen molar-refractivity contribution in [3.8, 4) is 11.8 Å². The van der Waals surface area contributed by atoms with Gasteiger partial charge in [-0.1, -0.05) is 29.8 Å². The maximum absolute atomic E-state index is 14.3. The number of amides is 4. The van der Waals surface area contributed by atoms with E-state index in [2.05, 4.69) is 20.3 Å². The molecule has 1 aliphatic heterocycles. The summed E-state index contributed by atoms with van der Waals surface area (Å²) in [5.74, 6) is -2.52. The van der Waals surface area contributed by atoms with Gasteiger partial charge in [-0.25, -0.2) is 32.0 Å². The summed E-state index contributed by atoms with van der Waals surface area (Å²) in [6.45, 7) is 5.95. The summed E-state index contributed by atoms with van der Waals surface area (Å²) in [7, 11) is -6.25. The van der Waals surface area contributed by atoms with Crippen LogP contribution < -0.4 is 30.1 Å². The number of alkyl halides is 3. The van der Waals surface area contributed by atoms with Crippen LogP contribution in [-0.2, 0) is 35.3 Å². The van der Waals surface area contributed by atoms with Gasteiger partial charge in [-0.2, -0.15) is 28.1 Å². The van der Waals surface area contributed by atoms with Gasteiger partial charge >= 0.3 is 36.2 Å². The van der Waals surface area contributed by atoms with E-state index in [1.165, 1.54) is 45.0 Å². The summed E-state index contributed by atoms with van der Waals surface area (Å²) in [4.78, 5) is 66.8. The van der Waals surface area contributed by atoms with Crippen LogP contribution in [0, 0.1) is 12.7 Å². The fraction of sp³-hybridized carbons (Fsp3) is 0.432. The lowest BCUT2D eigenvalue weighted by Gasteiger charge is -2.18. The normalized spacial score (nSPS) is 15.5. The van der Waals surface area contributed by atoms with Crippen molar-refractivity contribution in [3.05, 3.63) is 70.0 Å². The second-order valence-electron chi connectivity index (χ2n) is 14.1. The number of benzene rings is 2. The van der Waals surface area contributed by atoms with Crippen molar-refractivity contribution in [2.45, 2.75) is 88.9 Å². The Labute approximate surface area is 363 Å². The molecular formula is C37H45ClF4N7O12PS. The largest absolute Gasteiger partial charge is 0.489 e. The number of aryl methyl sites for hydroxylation is 2. The molecule has 4 amide bonds. The van der Waals surface area contributed by atoms with Crippen LogP contribution in [0.25, 0.3) is 0 Å². The first-order valence-corrected chi connectivity index (χ1v) is 22.8. The molecule has 2 heterocycles. The SMILES string of the molecule is CC(C)=C1OC(=O)N(c2cc(OC3CCCC3)c(Cl)cc2F)C1=O.COc1nc(C)nc(NC(=O)NS(=O)(=O)c2ccccc2CCC(F)(F)F)n1.CP(=O)(O)CCC(N)C(=O)O. The average molecular weight is 954 g/mol. The highest BCUT2D eigenvalue weighted by molar-refractivity contribution is 7.90. The first-order chi connectivity index (χ1) is 29.2. The molecule has 26 heteroatoms. The van der Waals surface area contributed by atoms with E-state index in [0.717, 1.165) is 37.8 Å². The van der Waals surface area contributed by atoms with E-state index in [1.54, 1.807) is 18.6 Å². The molecule has 2 atom stereocenters.